The van der Waals surface area contributed by atoms with Crippen LogP contribution >= 0.6 is 11.3 Å². The number of ether oxygens (including phenoxy) is 1. The minimum Gasteiger partial charge on any atom is -0.493 e. The maximum Gasteiger partial charge on any atom is 0.324 e. The average Bonchev–Trinajstić information content (AvgIpc) is 3.20. The second-order valence-corrected chi connectivity index (χ2v) is 7.54. The number of hydrogen-bond donors (Lipinski definition) is 1. The van der Waals surface area contributed by atoms with E-state index in [9.17, 15) is 4.79 Å². The van der Waals surface area contributed by atoms with Crippen molar-refractivity contribution in [2.45, 2.75) is 24.9 Å². The molecule has 2 atom stereocenters. The van der Waals surface area contributed by atoms with Crippen molar-refractivity contribution in [2.75, 3.05) is 31.6 Å². The molecule has 5 rings (SSSR count). The van der Waals surface area contributed by atoms with Gasteiger partial charge in [0.15, 0.2) is 5.13 Å². The summed E-state index contributed by atoms with van der Waals surface area (Å²) in [7, 11) is 2.10. The van der Waals surface area contributed by atoms with Crippen LogP contribution in [-0.2, 0) is 6.42 Å². The molecule has 0 saturated carbocycles. The Kier molecular flexibility index (Phi) is 2.84. The molecule has 1 N–H and O–H groups in total. The molecule has 1 aromatic carbocycles. The third-order valence-electron chi connectivity index (χ3n) is 5.07. The first kappa shape index (κ1) is 13.6. The van der Waals surface area contributed by atoms with Crippen LogP contribution in [0.15, 0.2) is 12.1 Å². The van der Waals surface area contributed by atoms with Crippen LogP contribution in [0.5, 0.6) is 5.75 Å². The number of nitrogens with one attached hydrogen (secondary N) is 1. The Morgan fingerprint density at radius 2 is 2.35 bits per heavy atom. The van der Waals surface area contributed by atoms with Gasteiger partial charge in [-0.15, -0.1) is 0 Å². The lowest BCUT2D eigenvalue weighted by atomic mass is 10.0. The van der Waals surface area contributed by atoms with Gasteiger partial charge in [-0.3, -0.25) is 4.90 Å². The Bertz CT molecular complexity index is 805. The number of fused-ring (bicyclic) bond motifs is 4. The molecule has 120 valence electrons. The first-order valence-electron chi connectivity index (χ1n) is 8.04. The van der Waals surface area contributed by atoms with E-state index in [-0.39, 0.29) is 18.1 Å². The normalized spacial score (nSPS) is 27.0. The minimum absolute atomic E-state index is 0.0118. The predicted octanol–water partition coefficient (Wildman–Crippen LogP) is 1.83. The molecule has 6 nitrogen and oxygen atoms in total. The fourth-order valence-corrected chi connectivity index (χ4v) is 4.97. The molecule has 2 fully saturated rings. The second kappa shape index (κ2) is 4.82. The van der Waals surface area contributed by atoms with E-state index in [1.807, 2.05) is 11.0 Å². The van der Waals surface area contributed by atoms with E-state index < -0.39 is 0 Å². The lowest BCUT2D eigenvalue weighted by molar-refractivity contribution is 0.229. The van der Waals surface area contributed by atoms with E-state index in [4.69, 9.17) is 9.72 Å². The smallest absolute Gasteiger partial charge is 0.324 e. The number of benzene rings is 1. The Morgan fingerprint density at radius 3 is 3.26 bits per heavy atom. The highest BCUT2D eigenvalue weighted by atomic mass is 32.1. The van der Waals surface area contributed by atoms with Crippen molar-refractivity contribution in [3.05, 3.63) is 17.7 Å². The Morgan fingerprint density at radius 1 is 1.43 bits per heavy atom. The van der Waals surface area contributed by atoms with Crippen molar-refractivity contribution in [3.8, 4) is 5.75 Å². The maximum absolute atomic E-state index is 12.5. The monoisotopic (exact) mass is 330 g/mol. The summed E-state index contributed by atoms with van der Waals surface area (Å²) in [6.07, 6.45) is 1.88. The zero-order chi connectivity index (χ0) is 15.6. The summed E-state index contributed by atoms with van der Waals surface area (Å²) in [4.78, 5) is 21.5. The fourth-order valence-electron chi connectivity index (χ4n) is 3.92. The third kappa shape index (κ3) is 1.96. The zero-order valence-electron chi connectivity index (χ0n) is 12.9. The molecular formula is C16H18N4O2S. The summed E-state index contributed by atoms with van der Waals surface area (Å²) in [5.41, 5.74) is 2.19. The number of piperidine rings is 1. The molecule has 0 bridgehead atoms. The topological polar surface area (TPSA) is 57.7 Å². The highest BCUT2D eigenvalue weighted by Crippen LogP contribution is 2.39. The van der Waals surface area contributed by atoms with Gasteiger partial charge in [-0.05, 0) is 32.1 Å². The number of amides is 2. The van der Waals surface area contributed by atoms with E-state index in [1.54, 1.807) is 11.3 Å². The number of carbonyl (C=O) groups excluding carboxylic acids is 1. The number of rotatable bonds is 1. The number of anilines is 1. The van der Waals surface area contributed by atoms with Crippen LogP contribution in [0.1, 0.15) is 12.0 Å². The number of urea groups is 1. The molecule has 3 aliphatic heterocycles. The molecule has 0 unspecified atom stereocenters. The summed E-state index contributed by atoms with van der Waals surface area (Å²) in [5.74, 6) is 0.942. The second-order valence-electron chi connectivity index (χ2n) is 6.53. The summed E-state index contributed by atoms with van der Waals surface area (Å²) in [6, 6.07) is 4.48. The van der Waals surface area contributed by atoms with Crippen LogP contribution < -0.4 is 15.0 Å². The number of nitrogens with zero attached hydrogens (tertiary/aromatic N) is 3. The molecule has 1 aromatic heterocycles. The van der Waals surface area contributed by atoms with Crippen LogP contribution in [-0.4, -0.2) is 54.7 Å². The predicted molar refractivity (Wildman–Crippen MR) is 89.5 cm³/mol. The SMILES string of the molecule is CN1CC[C@@H]2[C@H](C1)NC(=O)N2c1nc2c3c(ccc2s1)OCC3. The van der Waals surface area contributed by atoms with Crippen molar-refractivity contribution in [1.82, 2.24) is 15.2 Å². The van der Waals surface area contributed by atoms with Gasteiger partial charge in [0.25, 0.3) is 0 Å². The molecule has 0 spiro atoms. The average molecular weight is 330 g/mol. The number of likely N-dealkylation sites (N-methyl/N-ethyl adjacent to an activating group) is 1. The Labute approximate surface area is 138 Å². The van der Waals surface area contributed by atoms with E-state index in [0.717, 1.165) is 53.6 Å². The third-order valence-corrected chi connectivity index (χ3v) is 6.09. The van der Waals surface area contributed by atoms with Gasteiger partial charge in [-0.25, -0.2) is 9.78 Å². The molecule has 3 aliphatic rings. The quantitative estimate of drug-likeness (QED) is 0.867. The fraction of sp³-hybridized carbons (Fsp3) is 0.500. The van der Waals surface area contributed by atoms with Crippen LogP contribution in [0.3, 0.4) is 0 Å². The number of aromatic nitrogens is 1. The van der Waals surface area contributed by atoms with Crippen LogP contribution in [0, 0.1) is 0 Å². The maximum atomic E-state index is 12.5. The molecule has 7 heteroatoms. The van der Waals surface area contributed by atoms with Gasteiger partial charge in [-0.2, -0.15) is 0 Å². The summed E-state index contributed by atoms with van der Waals surface area (Å²) in [5, 5.41) is 3.93. The van der Waals surface area contributed by atoms with E-state index in [0.29, 0.717) is 0 Å². The molecule has 0 aliphatic carbocycles. The first-order chi connectivity index (χ1) is 11.2. The lowest BCUT2D eigenvalue weighted by Crippen LogP contribution is -2.49. The highest BCUT2D eigenvalue weighted by molar-refractivity contribution is 7.22. The van der Waals surface area contributed by atoms with Gasteiger partial charge < -0.3 is 15.0 Å². The number of likely N-dealkylation sites (tertiary alicyclic amines) is 1. The molecule has 23 heavy (non-hydrogen) atoms. The molecule has 4 heterocycles. The molecule has 2 saturated heterocycles. The van der Waals surface area contributed by atoms with Gasteiger partial charge in [0.1, 0.15) is 5.75 Å². The van der Waals surface area contributed by atoms with Gasteiger partial charge in [0.05, 0.1) is 28.9 Å². The van der Waals surface area contributed by atoms with E-state index in [2.05, 4.69) is 23.3 Å². The van der Waals surface area contributed by atoms with Crippen molar-refractivity contribution in [3.63, 3.8) is 0 Å². The van der Waals surface area contributed by atoms with Gasteiger partial charge in [-0.1, -0.05) is 11.3 Å². The summed E-state index contributed by atoms with van der Waals surface area (Å²) >= 11 is 1.61. The summed E-state index contributed by atoms with van der Waals surface area (Å²) in [6.45, 7) is 2.64. The van der Waals surface area contributed by atoms with Crippen molar-refractivity contribution in [1.29, 1.82) is 0 Å². The van der Waals surface area contributed by atoms with Crippen molar-refractivity contribution in [2.24, 2.45) is 0 Å². The zero-order valence-corrected chi connectivity index (χ0v) is 13.7. The largest absolute Gasteiger partial charge is 0.493 e. The number of thiazole rings is 1. The molecule has 0 radical (unpaired) electrons. The van der Waals surface area contributed by atoms with Crippen molar-refractivity contribution >= 4 is 32.7 Å². The Balaban J connectivity index is 1.56. The van der Waals surface area contributed by atoms with Gasteiger partial charge in [0.2, 0.25) is 0 Å². The standard InChI is InChI=1S/C16H18N4O2S/c1-19-6-4-11-10(8-19)17-15(21)20(11)16-18-14-9-5-7-22-12(9)2-3-13(14)23-16/h2-3,10-11H,4-8H2,1H3,(H,17,21)/t10-,11+/m0/s1. The van der Waals surface area contributed by atoms with E-state index >= 15 is 0 Å². The molecule has 2 aromatic rings. The number of carbonyl (C=O) groups is 1. The Hall–Kier alpha value is -1.86. The highest BCUT2D eigenvalue weighted by Gasteiger charge is 2.44. The molecule has 2 amide bonds. The minimum atomic E-state index is -0.0118. The van der Waals surface area contributed by atoms with E-state index in [1.165, 1.54) is 5.56 Å². The first-order valence-corrected chi connectivity index (χ1v) is 8.86. The van der Waals surface area contributed by atoms with Crippen LogP contribution in [0.2, 0.25) is 0 Å². The van der Waals surface area contributed by atoms with Gasteiger partial charge >= 0.3 is 6.03 Å². The lowest BCUT2D eigenvalue weighted by Gasteiger charge is -2.33. The molecular weight excluding hydrogens is 312 g/mol. The number of hydrogen-bond acceptors (Lipinski definition) is 5. The van der Waals surface area contributed by atoms with Crippen LogP contribution in [0.25, 0.3) is 10.2 Å². The van der Waals surface area contributed by atoms with Gasteiger partial charge in [0, 0.05) is 18.5 Å². The van der Waals surface area contributed by atoms with Crippen molar-refractivity contribution < 1.29 is 9.53 Å². The van der Waals surface area contributed by atoms with Crippen LogP contribution in [0.4, 0.5) is 9.93 Å². The summed E-state index contributed by atoms with van der Waals surface area (Å²) < 4.78 is 6.76.